The minimum Gasteiger partial charge on any atom is -0.355 e. The first-order valence-electron chi connectivity index (χ1n) is 8.26. The van der Waals surface area contributed by atoms with Crippen LogP contribution in [0, 0.1) is 6.92 Å². The molecule has 2 nitrogen and oxygen atoms in total. The highest BCUT2D eigenvalue weighted by molar-refractivity contribution is 8.00. The molecule has 1 unspecified atom stereocenters. The number of hydrogen-bond acceptors (Lipinski definition) is 2. The number of fused-ring (bicyclic) bond motifs is 1. The minimum atomic E-state index is 0.124. The summed E-state index contributed by atoms with van der Waals surface area (Å²) in [5.74, 6) is 1.07. The first kappa shape index (κ1) is 16.1. The second-order valence-corrected chi connectivity index (χ2v) is 7.24. The Bertz CT molecular complexity index is 666. The number of carbonyl (C=O) groups excluding carboxylic acids is 1. The Balaban J connectivity index is 1.49. The molecular weight excluding hydrogens is 302 g/mol. The molecule has 0 bridgehead atoms. The third-order valence-corrected chi connectivity index (χ3v) is 5.44. The van der Waals surface area contributed by atoms with Crippen LogP contribution in [-0.4, -0.2) is 18.2 Å². The quantitative estimate of drug-likeness (QED) is 0.829. The van der Waals surface area contributed by atoms with E-state index in [0.717, 1.165) is 11.4 Å². The van der Waals surface area contributed by atoms with Crippen LogP contribution >= 0.6 is 11.8 Å². The van der Waals surface area contributed by atoms with Gasteiger partial charge in [0.15, 0.2) is 0 Å². The van der Waals surface area contributed by atoms with Gasteiger partial charge in [-0.1, -0.05) is 42.0 Å². The maximum absolute atomic E-state index is 12.1. The van der Waals surface area contributed by atoms with Crippen LogP contribution in [0.2, 0.25) is 0 Å². The number of hydrogen-bond donors (Lipinski definition) is 1. The van der Waals surface area contributed by atoms with Gasteiger partial charge in [0.05, 0.1) is 5.75 Å². The van der Waals surface area contributed by atoms with Gasteiger partial charge in [0, 0.05) is 17.4 Å². The molecule has 23 heavy (non-hydrogen) atoms. The first-order chi connectivity index (χ1) is 11.2. The molecule has 120 valence electrons. The van der Waals surface area contributed by atoms with Crippen molar-refractivity contribution in [1.29, 1.82) is 0 Å². The van der Waals surface area contributed by atoms with E-state index in [1.54, 1.807) is 11.8 Å². The fourth-order valence-corrected chi connectivity index (χ4v) is 3.87. The van der Waals surface area contributed by atoms with Crippen molar-refractivity contribution in [2.75, 3.05) is 12.3 Å². The van der Waals surface area contributed by atoms with Gasteiger partial charge in [-0.3, -0.25) is 4.79 Å². The van der Waals surface area contributed by atoms with Gasteiger partial charge in [-0.05, 0) is 49.4 Å². The molecule has 1 aliphatic rings. The molecule has 0 heterocycles. The normalized spacial score (nSPS) is 16.7. The predicted octanol–water partition coefficient (Wildman–Crippen LogP) is 4.32. The summed E-state index contributed by atoms with van der Waals surface area (Å²) in [5, 5.41) is 3.12. The molecule has 0 radical (unpaired) electrons. The molecule has 3 heteroatoms. The molecule has 2 aromatic rings. The number of benzene rings is 2. The minimum absolute atomic E-state index is 0.124. The van der Waals surface area contributed by atoms with Crippen LogP contribution < -0.4 is 5.32 Å². The van der Waals surface area contributed by atoms with Crippen LogP contribution in [0.25, 0.3) is 0 Å². The van der Waals surface area contributed by atoms with Gasteiger partial charge in [-0.2, -0.15) is 0 Å². The molecule has 1 N–H and O–H groups in total. The number of amides is 1. The molecule has 1 aliphatic carbocycles. The average Bonchev–Trinajstić information content (AvgIpc) is 2.59. The van der Waals surface area contributed by atoms with Crippen LogP contribution in [0.3, 0.4) is 0 Å². The lowest BCUT2D eigenvalue weighted by Gasteiger charge is -2.25. The fraction of sp³-hybridized carbons (Fsp3) is 0.350. The molecule has 3 rings (SSSR count). The summed E-state index contributed by atoms with van der Waals surface area (Å²) in [4.78, 5) is 13.3. The van der Waals surface area contributed by atoms with E-state index in [4.69, 9.17) is 0 Å². The molecule has 0 aromatic heterocycles. The van der Waals surface area contributed by atoms with Crippen LogP contribution in [-0.2, 0) is 11.2 Å². The van der Waals surface area contributed by atoms with Crippen molar-refractivity contribution in [1.82, 2.24) is 5.32 Å². The van der Waals surface area contributed by atoms with Gasteiger partial charge in [0.2, 0.25) is 5.91 Å². The number of aryl methyl sites for hydroxylation is 2. The van der Waals surface area contributed by atoms with Gasteiger partial charge in [-0.15, -0.1) is 11.8 Å². The monoisotopic (exact) mass is 325 g/mol. The summed E-state index contributed by atoms with van der Waals surface area (Å²) in [7, 11) is 0. The lowest BCUT2D eigenvalue weighted by Crippen LogP contribution is -2.31. The van der Waals surface area contributed by atoms with Gasteiger partial charge >= 0.3 is 0 Å². The highest BCUT2D eigenvalue weighted by Gasteiger charge is 2.20. The van der Waals surface area contributed by atoms with Gasteiger partial charge in [-0.25, -0.2) is 0 Å². The van der Waals surface area contributed by atoms with E-state index in [1.807, 2.05) is 0 Å². The lowest BCUT2D eigenvalue weighted by atomic mass is 9.83. The molecule has 1 atom stereocenters. The standard InChI is InChI=1S/C20H23NOS/c1-15-9-11-18(12-10-15)23-14-20(22)21-13-17-7-4-6-16-5-2-3-8-19(16)17/h2-3,5,8-12,17H,4,6-7,13-14H2,1H3,(H,21,22). The first-order valence-corrected chi connectivity index (χ1v) is 9.25. The number of nitrogens with one attached hydrogen (secondary N) is 1. The van der Waals surface area contributed by atoms with E-state index in [0.29, 0.717) is 11.7 Å². The molecule has 2 aromatic carbocycles. The van der Waals surface area contributed by atoms with Crippen molar-refractivity contribution < 1.29 is 4.79 Å². The van der Waals surface area contributed by atoms with E-state index in [9.17, 15) is 4.79 Å². The van der Waals surface area contributed by atoms with E-state index in [-0.39, 0.29) is 5.91 Å². The Kier molecular flexibility index (Phi) is 5.39. The summed E-state index contributed by atoms with van der Waals surface area (Å²) < 4.78 is 0. The van der Waals surface area contributed by atoms with Crippen molar-refractivity contribution in [2.24, 2.45) is 0 Å². The van der Waals surface area contributed by atoms with Crippen LogP contribution in [0.15, 0.2) is 53.4 Å². The number of thioether (sulfide) groups is 1. The predicted molar refractivity (Wildman–Crippen MR) is 97.0 cm³/mol. The molecule has 0 spiro atoms. The summed E-state index contributed by atoms with van der Waals surface area (Å²) in [6.07, 6.45) is 3.56. The van der Waals surface area contributed by atoms with E-state index >= 15 is 0 Å². The molecule has 0 saturated heterocycles. The Morgan fingerprint density at radius 3 is 2.78 bits per heavy atom. The van der Waals surface area contributed by atoms with Crippen LogP contribution in [0.5, 0.6) is 0 Å². The maximum atomic E-state index is 12.1. The van der Waals surface area contributed by atoms with Gasteiger partial charge in [0.25, 0.3) is 0 Å². The summed E-state index contributed by atoms with van der Waals surface area (Å²) in [6.45, 7) is 2.83. The van der Waals surface area contributed by atoms with Crippen LogP contribution in [0.4, 0.5) is 0 Å². The average molecular weight is 325 g/mol. The third kappa shape index (κ3) is 4.38. The molecule has 1 amide bonds. The fourth-order valence-electron chi connectivity index (χ4n) is 3.14. The Morgan fingerprint density at radius 2 is 1.96 bits per heavy atom. The second kappa shape index (κ2) is 7.69. The highest BCUT2D eigenvalue weighted by Crippen LogP contribution is 2.30. The maximum Gasteiger partial charge on any atom is 0.230 e. The van der Waals surface area contributed by atoms with Gasteiger partial charge in [0.1, 0.15) is 0 Å². The van der Waals surface area contributed by atoms with E-state index in [2.05, 4.69) is 60.8 Å². The van der Waals surface area contributed by atoms with Gasteiger partial charge < -0.3 is 5.32 Å². The second-order valence-electron chi connectivity index (χ2n) is 6.19. The zero-order valence-corrected chi connectivity index (χ0v) is 14.4. The molecule has 0 aliphatic heterocycles. The van der Waals surface area contributed by atoms with Crippen molar-refractivity contribution in [3.05, 3.63) is 65.2 Å². The smallest absolute Gasteiger partial charge is 0.230 e. The number of rotatable bonds is 5. The van der Waals surface area contributed by atoms with Crippen molar-refractivity contribution in [2.45, 2.75) is 37.0 Å². The van der Waals surface area contributed by atoms with Crippen molar-refractivity contribution in [3.63, 3.8) is 0 Å². The zero-order valence-electron chi connectivity index (χ0n) is 13.5. The summed E-state index contributed by atoms with van der Waals surface area (Å²) in [5.41, 5.74) is 4.12. The summed E-state index contributed by atoms with van der Waals surface area (Å²) in [6, 6.07) is 17.0. The molecule has 0 saturated carbocycles. The molecule has 0 fully saturated rings. The SMILES string of the molecule is Cc1ccc(SCC(=O)NCC2CCCc3ccccc32)cc1. The summed E-state index contributed by atoms with van der Waals surface area (Å²) >= 11 is 1.60. The number of carbonyl (C=O) groups is 1. The Morgan fingerprint density at radius 1 is 1.17 bits per heavy atom. The molecular formula is C20H23NOS. The van der Waals surface area contributed by atoms with Crippen LogP contribution in [0.1, 0.15) is 35.4 Å². The highest BCUT2D eigenvalue weighted by atomic mass is 32.2. The lowest BCUT2D eigenvalue weighted by molar-refractivity contribution is -0.118. The largest absolute Gasteiger partial charge is 0.355 e. The Labute approximate surface area is 142 Å². The van der Waals surface area contributed by atoms with Crippen molar-refractivity contribution >= 4 is 17.7 Å². The van der Waals surface area contributed by atoms with E-state index in [1.165, 1.54) is 36.0 Å². The Hall–Kier alpha value is -1.74. The zero-order chi connectivity index (χ0) is 16.1. The third-order valence-electron chi connectivity index (χ3n) is 4.43. The topological polar surface area (TPSA) is 29.1 Å². The van der Waals surface area contributed by atoms with E-state index < -0.39 is 0 Å². The van der Waals surface area contributed by atoms with Crippen molar-refractivity contribution in [3.8, 4) is 0 Å².